The predicted octanol–water partition coefficient (Wildman–Crippen LogP) is 4.81. The van der Waals surface area contributed by atoms with Crippen molar-refractivity contribution in [1.82, 2.24) is 0 Å². The Morgan fingerprint density at radius 3 is 2.93 bits per heavy atom. The number of rotatable bonds is 2. The van der Waals surface area contributed by atoms with E-state index in [4.69, 9.17) is 23.2 Å². The largest absolute Gasteiger partial charge is 0.136 e. The van der Waals surface area contributed by atoms with E-state index in [1.165, 1.54) is 15.0 Å². The van der Waals surface area contributed by atoms with E-state index in [1.807, 2.05) is 30.4 Å². The molecule has 0 saturated heterocycles. The molecule has 3 heteroatoms. The summed E-state index contributed by atoms with van der Waals surface area (Å²) < 4.78 is 1.25. The first-order valence-corrected chi connectivity index (χ1v) is 5.94. The quantitative estimate of drug-likeness (QED) is 0.664. The van der Waals surface area contributed by atoms with Crippen molar-refractivity contribution in [2.75, 3.05) is 5.88 Å². The third kappa shape index (κ3) is 2.11. The fourth-order valence-corrected chi connectivity index (χ4v) is 2.52. The second-order valence-electron chi connectivity index (χ2n) is 2.89. The molecule has 0 aliphatic rings. The van der Waals surface area contributed by atoms with E-state index < -0.39 is 0 Å². The zero-order valence-electron chi connectivity index (χ0n) is 7.34. The molecule has 0 nitrogen and oxygen atoms in total. The monoisotopic (exact) mass is 242 g/mol. The first-order valence-electron chi connectivity index (χ1n) is 4.21. The summed E-state index contributed by atoms with van der Waals surface area (Å²) in [6.45, 7) is 0. The molecule has 72 valence electrons. The third-order valence-electron chi connectivity index (χ3n) is 1.87. The number of hydrogen-bond acceptors (Lipinski definition) is 1. The Hall–Kier alpha value is -0.500. The first-order chi connectivity index (χ1) is 6.79. The van der Waals surface area contributed by atoms with Gasteiger partial charge in [-0.1, -0.05) is 17.7 Å². The van der Waals surface area contributed by atoms with Crippen LogP contribution in [0.2, 0.25) is 5.02 Å². The molecule has 2 rings (SSSR count). The lowest BCUT2D eigenvalue weighted by Gasteiger charge is -1.87. The van der Waals surface area contributed by atoms with Crippen molar-refractivity contribution >= 4 is 50.7 Å². The zero-order chi connectivity index (χ0) is 9.97. The number of benzene rings is 1. The second kappa shape index (κ2) is 4.35. The number of thiophene rings is 1. The summed E-state index contributed by atoms with van der Waals surface area (Å²) in [6, 6.07) is 8.05. The highest BCUT2D eigenvalue weighted by atomic mass is 35.5. The molecule has 14 heavy (non-hydrogen) atoms. The topological polar surface area (TPSA) is 0 Å². The van der Waals surface area contributed by atoms with Crippen molar-refractivity contribution in [1.29, 1.82) is 0 Å². The maximum atomic E-state index is 5.90. The molecule has 0 atom stereocenters. The van der Waals surface area contributed by atoms with Gasteiger partial charge in [-0.15, -0.1) is 22.9 Å². The molecule has 0 saturated carbocycles. The van der Waals surface area contributed by atoms with E-state index in [2.05, 4.69) is 6.07 Å². The minimum absolute atomic E-state index is 0.551. The smallest absolute Gasteiger partial charge is 0.0412 e. The maximum Gasteiger partial charge on any atom is 0.0412 e. The molecule has 1 aromatic heterocycles. The summed E-state index contributed by atoms with van der Waals surface area (Å²) in [7, 11) is 0. The summed E-state index contributed by atoms with van der Waals surface area (Å²) in [4.78, 5) is 1.21. The van der Waals surface area contributed by atoms with Gasteiger partial charge in [0.2, 0.25) is 0 Å². The molecule has 0 amide bonds. The minimum atomic E-state index is 0.551. The van der Waals surface area contributed by atoms with Crippen LogP contribution in [-0.2, 0) is 0 Å². The fraction of sp³-hybridized carbons (Fsp3) is 0.0909. The average Bonchev–Trinajstić information content (AvgIpc) is 2.56. The number of halogens is 2. The van der Waals surface area contributed by atoms with Crippen LogP contribution in [0.25, 0.3) is 16.2 Å². The molecule has 0 unspecified atom stereocenters. The van der Waals surface area contributed by atoms with Gasteiger partial charge in [0.1, 0.15) is 0 Å². The van der Waals surface area contributed by atoms with Crippen LogP contribution in [0.4, 0.5) is 0 Å². The number of alkyl halides is 1. The number of fused-ring (bicyclic) bond motifs is 1. The molecule has 0 spiro atoms. The number of hydrogen-bond donors (Lipinski definition) is 0. The predicted molar refractivity (Wildman–Crippen MR) is 66.6 cm³/mol. The summed E-state index contributed by atoms with van der Waals surface area (Å²) in [5.41, 5.74) is 0. The van der Waals surface area contributed by atoms with Gasteiger partial charge < -0.3 is 0 Å². The van der Waals surface area contributed by atoms with Gasteiger partial charge in [-0.3, -0.25) is 0 Å². The lowest BCUT2D eigenvalue weighted by atomic mass is 10.2. The van der Waals surface area contributed by atoms with E-state index in [0.29, 0.717) is 5.88 Å². The Morgan fingerprint density at radius 2 is 2.14 bits per heavy atom. The van der Waals surface area contributed by atoms with Crippen molar-refractivity contribution in [3.05, 3.63) is 40.2 Å². The third-order valence-corrected chi connectivity index (χ3v) is 3.36. The van der Waals surface area contributed by atoms with Gasteiger partial charge in [0, 0.05) is 20.5 Å². The van der Waals surface area contributed by atoms with E-state index >= 15 is 0 Å². The van der Waals surface area contributed by atoms with Gasteiger partial charge in [0.05, 0.1) is 0 Å². The maximum absolute atomic E-state index is 5.90. The average molecular weight is 243 g/mol. The van der Waals surface area contributed by atoms with Crippen LogP contribution in [0.15, 0.2) is 30.3 Å². The SMILES string of the molecule is ClC/C=C/c1cc2cc(Cl)ccc2s1. The lowest BCUT2D eigenvalue weighted by molar-refractivity contribution is 1.79. The van der Waals surface area contributed by atoms with E-state index in [1.54, 1.807) is 11.3 Å². The van der Waals surface area contributed by atoms with Crippen molar-refractivity contribution in [2.45, 2.75) is 0 Å². The van der Waals surface area contributed by atoms with Crippen molar-refractivity contribution in [3.63, 3.8) is 0 Å². The highest BCUT2D eigenvalue weighted by Crippen LogP contribution is 2.28. The molecule has 0 aliphatic carbocycles. The van der Waals surface area contributed by atoms with Crippen LogP contribution in [0, 0.1) is 0 Å². The van der Waals surface area contributed by atoms with Gasteiger partial charge in [0.15, 0.2) is 0 Å². The fourth-order valence-electron chi connectivity index (χ4n) is 1.28. The normalized spacial score (nSPS) is 11.6. The molecule has 0 radical (unpaired) electrons. The molecule has 1 aromatic carbocycles. The molecular formula is C11H8Cl2S. The first kappa shape index (κ1) is 10.0. The van der Waals surface area contributed by atoms with Crippen LogP contribution in [0.5, 0.6) is 0 Å². The molecule has 1 heterocycles. The Bertz CT molecular complexity index is 471. The van der Waals surface area contributed by atoms with Crippen LogP contribution < -0.4 is 0 Å². The second-order valence-corrected chi connectivity index (χ2v) is 4.75. The summed E-state index contributed by atoms with van der Waals surface area (Å²) >= 11 is 13.2. The van der Waals surface area contributed by atoms with Gasteiger partial charge in [-0.05, 0) is 35.7 Å². The van der Waals surface area contributed by atoms with Crippen LogP contribution >= 0.6 is 34.5 Å². The van der Waals surface area contributed by atoms with Gasteiger partial charge in [-0.2, -0.15) is 0 Å². The van der Waals surface area contributed by atoms with Crippen molar-refractivity contribution in [2.24, 2.45) is 0 Å². The zero-order valence-corrected chi connectivity index (χ0v) is 9.66. The molecule has 0 N–H and O–H groups in total. The molecule has 0 aliphatic heterocycles. The molecular weight excluding hydrogens is 235 g/mol. The Balaban J connectivity index is 2.46. The van der Waals surface area contributed by atoms with E-state index in [0.717, 1.165) is 5.02 Å². The Morgan fingerprint density at radius 1 is 1.29 bits per heavy atom. The van der Waals surface area contributed by atoms with Gasteiger partial charge in [-0.25, -0.2) is 0 Å². The molecule has 0 fully saturated rings. The highest BCUT2D eigenvalue weighted by Gasteiger charge is 1.99. The highest BCUT2D eigenvalue weighted by molar-refractivity contribution is 7.19. The van der Waals surface area contributed by atoms with Gasteiger partial charge in [0.25, 0.3) is 0 Å². The summed E-state index contributed by atoms with van der Waals surface area (Å²) in [5, 5.41) is 1.97. The number of allylic oxidation sites excluding steroid dienone is 1. The van der Waals surface area contributed by atoms with Crippen LogP contribution in [0.1, 0.15) is 4.88 Å². The van der Waals surface area contributed by atoms with Crippen molar-refractivity contribution < 1.29 is 0 Å². The standard InChI is InChI=1S/C11H8Cl2S/c12-5-1-2-10-7-8-6-9(13)3-4-11(8)14-10/h1-4,6-7H,5H2/b2-1+. The van der Waals surface area contributed by atoms with Crippen LogP contribution in [-0.4, -0.2) is 5.88 Å². The summed E-state index contributed by atoms with van der Waals surface area (Å²) in [6.07, 6.45) is 3.97. The Kier molecular flexibility index (Phi) is 3.12. The minimum Gasteiger partial charge on any atom is -0.136 e. The lowest BCUT2D eigenvalue weighted by Crippen LogP contribution is -1.62. The van der Waals surface area contributed by atoms with Gasteiger partial charge >= 0.3 is 0 Å². The molecule has 0 bridgehead atoms. The van der Waals surface area contributed by atoms with Crippen LogP contribution in [0.3, 0.4) is 0 Å². The summed E-state index contributed by atoms with van der Waals surface area (Å²) in [5.74, 6) is 0.551. The Labute approximate surface area is 96.8 Å². The van der Waals surface area contributed by atoms with Crippen molar-refractivity contribution in [3.8, 4) is 0 Å². The van der Waals surface area contributed by atoms with E-state index in [9.17, 15) is 0 Å². The van der Waals surface area contributed by atoms with E-state index in [-0.39, 0.29) is 0 Å². The molecule has 2 aromatic rings.